The molecule has 1 saturated heterocycles. The molecule has 0 spiro atoms. The number of ether oxygens (including phenoxy) is 1. The van der Waals surface area contributed by atoms with Crippen LogP contribution in [-0.4, -0.2) is 29.7 Å². The quantitative estimate of drug-likeness (QED) is 0.494. The van der Waals surface area contributed by atoms with E-state index >= 15 is 0 Å². The van der Waals surface area contributed by atoms with Crippen molar-refractivity contribution in [3.8, 4) is 0 Å². The Morgan fingerprint density at radius 3 is 3.00 bits per heavy atom. The van der Waals surface area contributed by atoms with Crippen molar-refractivity contribution >= 4 is 11.8 Å². The molecule has 60 valence electrons. The molecular weight excluding hydrogens is 152 g/mol. The first-order valence-electron chi connectivity index (χ1n) is 3.31. The van der Waals surface area contributed by atoms with E-state index in [1.807, 2.05) is 0 Å². The van der Waals surface area contributed by atoms with E-state index in [0.29, 0.717) is 0 Å². The predicted molar refractivity (Wildman–Crippen MR) is 40.0 cm³/mol. The fourth-order valence-corrected chi connectivity index (χ4v) is 2.09. The first-order valence-corrected chi connectivity index (χ1v) is 4.36. The highest BCUT2D eigenvalue weighted by atomic mass is 32.2. The minimum atomic E-state index is -0.0845. The van der Waals surface area contributed by atoms with Crippen molar-refractivity contribution in [3.63, 3.8) is 0 Å². The smallest absolute Gasteiger partial charge is 0.140 e. The summed E-state index contributed by atoms with van der Waals surface area (Å²) in [6.45, 7) is 0. The molecule has 1 fully saturated rings. The molecule has 0 amide bonds. The maximum atomic E-state index is 8.33. The van der Waals surface area contributed by atoms with Gasteiger partial charge in [-0.1, -0.05) is 0 Å². The second kappa shape index (κ2) is 4.18. The van der Waals surface area contributed by atoms with Gasteiger partial charge in [0.05, 0.1) is 6.10 Å². The molecule has 0 aromatic heterocycles. The fraction of sp³-hybridized carbons (Fsp3) is 1.00. The average Bonchev–Trinajstić information content (AvgIpc) is 2.05. The van der Waals surface area contributed by atoms with Gasteiger partial charge in [-0.15, -0.1) is 11.8 Å². The Labute approximate surface area is 64.6 Å². The topological polar surface area (TPSA) is 38.7 Å². The van der Waals surface area contributed by atoms with E-state index in [0.717, 1.165) is 18.6 Å². The number of hydrogen-bond donors (Lipinski definition) is 1. The van der Waals surface area contributed by atoms with E-state index in [9.17, 15) is 0 Å². The van der Waals surface area contributed by atoms with Crippen molar-refractivity contribution in [2.75, 3.05) is 12.9 Å². The largest absolute Gasteiger partial charge is 0.381 e. The lowest BCUT2D eigenvalue weighted by Gasteiger charge is -2.24. The molecule has 1 heterocycles. The molecule has 0 aromatic rings. The minimum Gasteiger partial charge on any atom is -0.381 e. The van der Waals surface area contributed by atoms with Crippen LogP contribution in [0.2, 0.25) is 0 Å². The van der Waals surface area contributed by atoms with Crippen LogP contribution in [-0.2, 0) is 9.62 Å². The lowest BCUT2D eigenvalue weighted by Crippen LogP contribution is -2.25. The van der Waals surface area contributed by atoms with Crippen molar-refractivity contribution < 1.29 is 14.9 Å². The van der Waals surface area contributed by atoms with Gasteiger partial charge in [0.25, 0.3) is 0 Å². The predicted octanol–water partition coefficient (Wildman–Crippen LogP) is 1.34. The standard InChI is InChI=1S/C6H12O3S/c1-8-5-2-3-10-6(4-5)9-7/h5-7H,2-4H2,1H3/t5-,6-/m0/s1. The van der Waals surface area contributed by atoms with Crippen molar-refractivity contribution in [2.24, 2.45) is 0 Å². The lowest BCUT2D eigenvalue weighted by atomic mass is 10.2. The van der Waals surface area contributed by atoms with E-state index in [-0.39, 0.29) is 11.5 Å². The molecule has 1 aliphatic heterocycles. The van der Waals surface area contributed by atoms with Gasteiger partial charge in [-0.3, -0.25) is 5.26 Å². The summed E-state index contributed by atoms with van der Waals surface area (Å²) in [7, 11) is 1.69. The maximum Gasteiger partial charge on any atom is 0.140 e. The Hall–Kier alpha value is 0.230. The first-order chi connectivity index (χ1) is 4.86. The Balaban J connectivity index is 2.25. The van der Waals surface area contributed by atoms with Crippen LogP contribution in [0.15, 0.2) is 0 Å². The van der Waals surface area contributed by atoms with E-state index in [4.69, 9.17) is 9.99 Å². The minimum absolute atomic E-state index is 0.0845. The Kier molecular flexibility index (Phi) is 3.48. The zero-order chi connectivity index (χ0) is 7.40. The first kappa shape index (κ1) is 8.33. The third kappa shape index (κ3) is 2.12. The molecule has 0 aromatic carbocycles. The zero-order valence-corrected chi connectivity index (χ0v) is 6.76. The van der Waals surface area contributed by atoms with Gasteiger partial charge < -0.3 is 4.74 Å². The lowest BCUT2D eigenvalue weighted by molar-refractivity contribution is -0.259. The van der Waals surface area contributed by atoms with Crippen LogP contribution in [0.1, 0.15) is 12.8 Å². The molecule has 1 N–H and O–H groups in total. The van der Waals surface area contributed by atoms with Crippen LogP contribution in [0, 0.1) is 0 Å². The van der Waals surface area contributed by atoms with Crippen LogP contribution < -0.4 is 0 Å². The molecular formula is C6H12O3S. The van der Waals surface area contributed by atoms with E-state index < -0.39 is 0 Å². The van der Waals surface area contributed by atoms with E-state index in [2.05, 4.69) is 4.89 Å². The Morgan fingerprint density at radius 2 is 2.40 bits per heavy atom. The SMILES string of the molecule is CO[C@H]1CCS[C@H](OO)C1. The summed E-state index contributed by atoms with van der Waals surface area (Å²) in [5.74, 6) is 1.00. The van der Waals surface area contributed by atoms with Crippen LogP contribution in [0.5, 0.6) is 0 Å². The molecule has 1 aliphatic rings. The highest BCUT2D eigenvalue weighted by molar-refractivity contribution is 7.99. The van der Waals surface area contributed by atoms with Gasteiger partial charge >= 0.3 is 0 Å². The van der Waals surface area contributed by atoms with Crippen LogP contribution in [0.25, 0.3) is 0 Å². The molecule has 2 atom stereocenters. The summed E-state index contributed by atoms with van der Waals surface area (Å²) in [5.41, 5.74) is -0.0845. The van der Waals surface area contributed by atoms with Crippen molar-refractivity contribution in [1.82, 2.24) is 0 Å². The highest BCUT2D eigenvalue weighted by Crippen LogP contribution is 2.26. The zero-order valence-electron chi connectivity index (χ0n) is 5.95. The van der Waals surface area contributed by atoms with E-state index in [1.165, 1.54) is 0 Å². The molecule has 0 saturated carbocycles. The number of thioether (sulfide) groups is 1. The second-order valence-electron chi connectivity index (χ2n) is 2.29. The number of methoxy groups -OCH3 is 1. The number of rotatable bonds is 2. The molecule has 3 nitrogen and oxygen atoms in total. The average molecular weight is 164 g/mol. The van der Waals surface area contributed by atoms with Gasteiger partial charge in [0.1, 0.15) is 5.44 Å². The van der Waals surface area contributed by atoms with E-state index in [1.54, 1.807) is 18.9 Å². The highest BCUT2D eigenvalue weighted by Gasteiger charge is 2.22. The van der Waals surface area contributed by atoms with Crippen LogP contribution in [0.4, 0.5) is 0 Å². The third-order valence-corrected chi connectivity index (χ3v) is 2.77. The Bertz CT molecular complexity index is 89.0. The molecule has 0 aliphatic carbocycles. The van der Waals surface area contributed by atoms with Gasteiger partial charge in [-0.05, 0) is 12.2 Å². The molecule has 0 unspecified atom stereocenters. The molecule has 0 bridgehead atoms. The molecule has 10 heavy (non-hydrogen) atoms. The number of hydrogen-bond acceptors (Lipinski definition) is 4. The van der Waals surface area contributed by atoms with Crippen molar-refractivity contribution in [3.05, 3.63) is 0 Å². The summed E-state index contributed by atoms with van der Waals surface area (Å²) in [5, 5.41) is 8.33. The monoisotopic (exact) mass is 164 g/mol. The van der Waals surface area contributed by atoms with Crippen molar-refractivity contribution in [1.29, 1.82) is 0 Å². The Morgan fingerprint density at radius 1 is 1.60 bits per heavy atom. The summed E-state index contributed by atoms with van der Waals surface area (Å²) in [6.07, 6.45) is 2.11. The third-order valence-electron chi connectivity index (χ3n) is 1.65. The molecule has 0 radical (unpaired) electrons. The second-order valence-corrected chi connectivity index (χ2v) is 3.56. The maximum absolute atomic E-state index is 8.33. The summed E-state index contributed by atoms with van der Waals surface area (Å²) in [6, 6.07) is 0. The fourth-order valence-electron chi connectivity index (χ4n) is 1.02. The van der Waals surface area contributed by atoms with Gasteiger partial charge in [-0.25, -0.2) is 4.89 Å². The van der Waals surface area contributed by atoms with Gasteiger partial charge in [0.15, 0.2) is 0 Å². The van der Waals surface area contributed by atoms with Gasteiger partial charge in [0.2, 0.25) is 0 Å². The van der Waals surface area contributed by atoms with Crippen molar-refractivity contribution in [2.45, 2.75) is 24.4 Å². The molecule has 1 rings (SSSR count). The van der Waals surface area contributed by atoms with Crippen LogP contribution >= 0.6 is 11.8 Å². The van der Waals surface area contributed by atoms with Gasteiger partial charge in [0, 0.05) is 13.5 Å². The normalized spacial score (nSPS) is 34.2. The summed E-state index contributed by atoms with van der Waals surface area (Å²) in [4.78, 5) is 4.21. The molecule has 4 heteroatoms. The summed E-state index contributed by atoms with van der Waals surface area (Å²) < 4.78 is 5.12. The van der Waals surface area contributed by atoms with Crippen LogP contribution in [0.3, 0.4) is 0 Å². The van der Waals surface area contributed by atoms with Gasteiger partial charge in [-0.2, -0.15) is 0 Å². The summed E-state index contributed by atoms with van der Waals surface area (Å²) >= 11 is 1.63.